The summed E-state index contributed by atoms with van der Waals surface area (Å²) in [6, 6.07) is 5.76. The maximum Gasteiger partial charge on any atom is 0.185 e. The third kappa shape index (κ3) is 3.04. The van der Waals surface area contributed by atoms with Crippen LogP contribution in [-0.2, 0) is 9.84 Å². The number of aliphatic hydroxyl groups is 2. The van der Waals surface area contributed by atoms with Crippen LogP contribution < -0.4 is 5.32 Å². The maximum absolute atomic E-state index is 12.4. The van der Waals surface area contributed by atoms with Crippen molar-refractivity contribution in [3.63, 3.8) is 0 Å². The Morgan fingerprint density at radius 1 is 1.37 bits per heavy atom. The molecule has 1 aromatic carbocycles. The van der Waals surface area contributed by atoms with Gasteiger partial charge in [0.2, 0.25) is 0 Å². The first-order valence-corrected chi connectivity index (χ1v) is 7.36. The molecule has 0 amide bonds. The number of rotatable bonds is 3. The molecule has 0 aliphatic carbocycles. The molecule has 1 fully saturated rings. The van der Waals surface area contributed by atoms with E-state index in [1.807, 2.05) is 0 Å². The molecule has 2 rings (SSSR count). The molecule has 1 aliphatic heterocycles. The van der Waals surface area contributed by atoms with Gasteiger partial charge in [0.1, 0.15) is 10.9 Å². The average molecular weight is 328 g/mol. The van der Waals surface area contributed by atoms with E-state index in [0.717, 1.165) is 0 Å². The van der Waals surface area contributed by atoms with Gasteiger partial charge in [0.05, 0.1) is 11.5 Å². The Morgan fingerprint density at radius 2 is 1.95 bits per heavy atom. The SMILES string of the molecule is Cl.O=S(=O)(c1ccc(Cl)cc1)[C@H]1CNCC1(O)CO. The van der Waals surface area contributed by atoms with Crippen LogP contribution in [0.2, 0.25) is 5.02 Å². The van der Waals surface area contributed by atoms with Crippen molar-refractivity contribution in [2.24, 2.45) is 0 Å². The van der Waals surface area contributed by atoms with E-state index in [4.69, 9.17) is 11.6 Å². The van der Waals surface area contributed by atoms with Gasteiger partial charge >= 0.3 is 0 Å². The Kier molecular flexibility index (Phi) is 5.22. The molecule has 1 heterocycles. The van der Waals surface area contributed by atoms with Gasteiger partial charge in [-0.1, -0.05) is 11.6 Å². The minimum absolute atomic E-state index is 0. The van der Waals surface area contributed by atoms with Crippen molar-refractivity contribution >= 4 is 33.8 Å². The summed E-state index contributed by atoms with van der Waals surface area (Å²) >= 11 is 5.71. The van der Waals surface area contributed by atoms with Crippen LogP contribution in [0.3, 0.4) is 0 Å². The number of hydrogen-bond acceptors (Lipinski definition) is 5. The van der Waals surface area contributed by atoms with Gasteiger partial charge in [-0.3, -0.25) is 0 Å². The number of aliphatic hydroxyl groups excluding tert-OH is 1. The molecular formula is C11H15Cl2NO4S. The quantitative estimate of drug-likeness (QED) is 0.740. The number of halogens is 2. The fourth-order valence-electron chi connectivity index (χ4n) is 2.07. The standard InChI is InChI=1S/C11H14ClNO4S.ClH/c12-8-1-3-9(4-2-8)18(16,17)10-5-13-6-11(10,15)7-14;/h1-4,10,13-15H,5-7H2;1H/t10-,11?;/m0./s1. The van der Waals surface area contributed by atoms with Crippen LogP contribution in [0.15, 0.2) is 29.2 Å². The zero-order valence-corrected chi connectivity index (χ0v) is 12.3. The highest BCUT2D eigenvalue weighted by Crippen LogP contribution is 2.28. The van der Waals surface area contributed by atoms with Crippen LogP contribution in [0.4, 0.5) is 0 Å². The van der Waals surface area contributed by atoms with Gasteiger partial charge in [0.15, 0.2) is 9.84 Å². The molecular weight excluding hydrogens is 313 g/mol. The smallest absolute Gasteiger partial charge is 0.185 e. The lowest BCUT2D eigenvalue weighted by atomic mass is 10.1. The van der Waals surface area contributed by atoms with Crippen molar-refractivity contribution in [3.8, 4) is 0 Å². The molecule has 8 heteroatoms. The normalized spacial score (nSPS) is 27.0. The predicted octanol–water partition coefficient (Wildman–Crippen LogP) is 0.231. The largest absolute Gasteiger partial charge is 0.393 e. The summed E-state index contributed by atoms with van der Waals surface area (Å²) in [6.45, 7) is -0.430. The number of β-amino-alcohol motifs (C(OH)–C–C–N with tert-alkyl or cyclic N) is 1. The number of hydrogen-bond donors (Lipinski definition) is 3. The zero-order chi connectivity index (χ0) is 13.4. The van der Waals surface area contributed by atoms with Crippen molar-refractivity contribution in [2.45, 2.75) is 15.7 Å². The average Bonchev–Trinajstić information content (AvgIpc) is 2.73. The first kappa shape index (κ1) is 16.7. The van der Waals surface area contributed by atoms with Crippen molar-refractivity contribution < 1.29 is 18.6 Å². The Balaban J connectivity index is 0.00000180. The summed E-state index contributed by atoms with van der Waals surface area (Å²) in [6.07, 6.45) is 0. The first-order valence-electron chi connectivity index (χ1n) is 5.43. The van der Waals surface area contributed by atoms with Crippen molar-refractivity contribution in [1.82, 2.24) is 5.32 Å². The molecule has 1 unspecified atom stereocenters. The van der Waals surface area contributed by atoms with Crippen LogP contribution in [0, 0.1) is 0 Å². The Hall–Kier alpha value is -0.370. The fraction of sp³-hybridized carbons (Fsp3) is 0.455. The molecule has 5 nitrogen and oxygen atoms in total. The zero-order valence-electron chi connectivity index (χ0n) is 9.91. The van der Waals surface area contributed by atoms with Gasteiger partial charge in [0.25, 0.3) is 0 Å². The van der Waals surface area contributed by atoms with Crippen molar-refractivity contribution in [3.05, 3.63) is 29.3 Å². The van der Waals surface area contributed by atoms with E-state index in [9.17, 15) is 18.6 Å². The molecule has 0 aromatic heterocycles. The summed E-state index contributed by atoms with van der Waals surface area (Å²) in [5, 5.41) is 21.4. The molecule has 1 saturated heterocycles. The minimum Gasteiger partial charge on any atom is -0.393 e. The second kappa shape index (κ2) is 5.95. The lowest BCUT2D eigenvalue weighted by molar-refractivity contribution is 0.00578. The summed E-state index contributed by atoms with van der Waals surface area (Å²) in [4.78, 5) is 0.0903. The van der Waals surface area contributed by atoms with E-state index in [1.54, 1.807) is 0 Å². The van der Waals surface area contributed by atoms with Crippen molar-refractivity contribution in [1.29, 1.82) is 0 Å². The van der Waals surface area contributed by atoms with Crippen LogP contribution in [-0.4, -0.2) is 49.2 Å². The van der Waals surface area contributed by atoms with Gasteiger partial charge < -0.3 is 15.5 Å². The van der Waals surface area contributed by atoms with E-state index < -0.39 is 27.3 Å². The molecule has 19 heavy (non-hydrogen) atoms. The molecule has 108 valence electrons. The predicted molar refractivity (Wildman–Crippen MR) is 74.6 cm³/mol. The van der Waals surface area contributed by atoms with Gasteiger partial charge in [-0.15, -0.1) is 12.4 Å². The van der Waals surface area contributed by atoms with E-state index in [0.29, 0.717) is 5.02 Å². The summed E-state index contributed by atoms with van der Waals surface area (Å²) in [5.74, 6) is 0. The van der Waals surface area contributed by atoms with Crippen LogP contribution in [0.25, 0.3) is 0 Å². The lowest BCUT2D eigenvalue weighted by Crippen LogP contribution is -2.49. The molecule has 3 N–H and O–H groups in total. The highest BCUT2D eigenvalue weighted by atomic mass is 35.5. The first-order chi connectivity index (χ1) is 8.40. The molecule has 0 bridgehead atoms. The Morgan fingerprint density at radius 3 is 2.47 bits per heavy atom. The van der Waals surface area contributed by atoms with E-state index in [2.05, 4.69) is 5.32 Å². The second-order valence-corrected chi connectivity index (χ2v) is 6.95. The molecule has 0 radical (unpaired) electrons. The number of nitrogens with one attached hydrogen (secondary N) is 1. The summed E-state index contributed by atoms with van der Waals surface area (Å²) in [5.41, 5.74) is -1.64. The number of benzene rings is 1. The fourth-order valence-corrected chi connectivity index (χ4v) is 4.11. The van der Waals surface area contributed by atoms with Crippen molar-refractivity contribution in [2.75, 3.05) is 19.7 Å². The highest BCUT2D eigenvalue weighted by molar-refractivity contribution is 7.92. The Labute approximate surface area is 122 Å². The third-order valence-electron chi connectivity index (χ3n) is 3.15. The van der Waals surface area contributed by atoms with Gasteiger partial charge in [-0.25, -0.2) is 8.42 Å². The molecule has 2 atom stereocenters. The number of sulfone groups is 1. The summed E-state index contributed by atoms with van der Waals surface area (Å²) < 4.78 is 24.7. The van der Waals surface area contributed by atoms with Crippen LogP contribution in [0.1, 0.15) is 0 Å². The highest BCUT2D eigenvalue weighted by Gasteiger charge is 2.48. The lowest BCUT2D eigenvalue weighted by Gasteiger charge is -2.26. The molecule has 0 spiro atoms. The van der Waals surface area contributed by atoms with Gasteiger partial charge in [-0.2, -0.15) is 0 Å². The maximum atomic E-state index is 12.4. The molecule has 1 aliphatic rings. The van der Waals surface area contributed by atoms with Gasteiger partial charge in [0, 0.05) is 18.1 Å². The second-order valence-electron chi connectivity index (χ2n) is 4.38. The van der Waals surface area contributed by atoms with Gasteiger partial charge in [-0.05, 0) is 24.3 Å². The molecule has 1 aromatic rings. The van der Waals surface area contributed by atoms with E-state index in [1.165, 1.54) is 24.3 Å². The minimum atomic E-state index is -3.71. The summed E-state index contributed by atoms with van der Waals surface area (Å²) in [7, 11) is -3.71. The molecule has 0 saturated carbocycles. The topological polar surface area (TPSA) is 86.6 Å². The monoisotopic (exact) mass is 327 g/mol. The van der Waals surface area contributed by atoms with E-state index >= 15 is 0 Å². The third-order valence-corrected chi connectivity index (χ3v) is 5.69. The Bertz CT molecular complexity index is 534. The van der Waals surface area contributed by atoms with Crippen LogP contribution >= 0.6 is 24.0 Å². The van der Waals surface area contributed by atoms with Crippen LogP contribution in [0.5, 0.6) is 0 Å². The van der Waals surface area contributed by atoms with E-state index in [-0.39, 0.29) is 30.4 Å².